The third kappa shape index (κ3) is 5.05. The van der Waals surface area contributed by atoms with E-state index in [1.807, 2.05) is 6.92 Å². The Labute approximate surface area is 231 Å². The molecule has 0 amide bonds. The summed E-state index contributed by atoms with van der Waals surface area (Å²) < 4.78 is 57.1. The van der Waals surface area contributed by atoms with E-state index in [0.717, 1.165) is 5.56 Å². The Balaban J connectivity index is 1.62. The molecule has 0 saturated heterocycles. The fraction of sp³-hybridized carbons (Fsp3) is 0.333. The number of aryl methyl sites for hydroxylation is 1. The van der Waals surface area contributed by atoms with Crippen LogP contribution in [-0.4, -0.2) is 66.5 Å². The summed E-state index contributed by atoms with van der Waals surface area (Å²) in [4.78, 5) is 8.57. The lowest BCUT2D eigenvalue weighted by atomic mass is 10.1. The third-order valence-corrected chi connectivity index (χ3v) is 8.66. The van der Waals surface area contributed by atoms with Gasteiger partial charge in [-0.15, -0.1) is 10.2 Å². The van der Waals surface area contributed by atoms with Crippen molar-refractivity contribution in [3.63, 3.8) is 0 Å². The maximum Gasteiger partial charge on any atom is 0.231 e. The van der Waals surface area contributed by atoms with Crippen LogP contribution < -0.4 is 18.9 Å². The lowest BCUT2D eigenvalue weighted by molar-refractivity contribution is 0.0947. The molecule has 5 rings (SSSR count). The van der Waals surface area contributed by atoms with Crippen molar-refractivity contribution in [1.82, 2.24) is 24.7 Å². The average Bonchev–Trinajstić information content (AvgIpc) is 3.60. The van der Waals surface area contributed by atoms with E-state index in [4.69, 9.17) is 23.7 Å². The van der Waals surface area contributed by atoms with Gasteiger partial charge in [0.2, 0.25) is 6.79 Å². The molecule has 0 spiro atoms. The van der Waals surface area contributed by atoms with Crippen molar-refractivity contribution in [3.8, 4) is 40.1 Å². The molecule has 2 aromatic heterocycles. The largest absolute Gasteiger partial charge is 0.494 e. The van der Waals surface area contributed by atoms with Gasteiger partial charge in [0, 0.05) is 25.1 Å². The van der Waals surface area contributed by atoms with E-state index >= 15 is 0 Å². The Hall–Kier alpha value is -4.23. The van der Waals surface area contributed by atoms with E-state index in [1.165, 1.54) is 21.3 Å². The zero-order valence-electron chi connectivity index (χ0n) is 22.7. The average molecular weight is 568 g/mol. The van der Waals surface area contributed by atoms with Gasteiger partial charge in [0.1, 0.15) is 29.0 Å². The molecule has 4 aromatic rings. The zero-order chi connectivity index (χ0) is 28.4. The summed E-state index contributed by atoms with van der Waals surface area (Å²) in [6, 6.07) is 10.6. The minimum Gasteiger partial charge on any atom is -0.494 e. The number of methoxy groups -OCH3 is 3. The summed E-state index contributed by atoms with van der Waals surface area (Å²) in [5.41, 5.74) is 1.93. The number of fused-ring (bicyclic) bond motifs is 1. The van der Waals surface area contributed by atoms with E-state index in [0.29, 0.717) is 40.1 Å². The van der Waals surface area contributed by atoms with Gasteiger partial charge in [-0.3, -0.25) is 4.57 Å². The van der Waals surface area contributed by atoms with Gasteiger partial charge in [-0.2, -0.15) is 0 Å². The molecule has 1 aliphatic rings. The van der Waals surface area contributed by atoms with Crippen LogP contribution in [0.4, 0.5) is 0 Å². The molecule has 12 nitrogen and oxygen atoms in total. The van der Waals surface area contributed by atoms with Crippen LogP contribution in [0.1, 0.15) is 30.2 Å². The molecule has 0 bridgehead atoms. The molecule has 13 heteroatoms. The molecule has 2 aromatic carbocycles. The molecule has 0 N–H and O–H groups in total. The number of para-hydroxylation sites is 1. The number of ether oxygens (including phenoxy) is 5. The van der Waals surface area contributed by atoms with Crippen molar-refractivity contribution in [1.29, 1.82) is 0 Å². The normalized spacial score (nSPS) is 14.1. The highest BCUT2D eigenvalue weighted by Gasteiger charge is 2.35. The highest BCUT2D eigenvalue weighted by atomic mass is 32.2. The predicted molar refractivity (Wildman–Crippen MR) is 145 cm³/mol. The Kier molecular flexibility index (Phi) is 7.59. The van der Waals surface area contributed by atoms with Crippen molar-refractivity contribution < 1.29 is 32.1 Å². The van der Waals surface area contributed by atoms with Crippen LogP contribution in [0.25, 0.3) is 17.1 Å². The van der Waals surface area contributed by atoms with Gasteiger partial charge in [-0.05, 0) is 49.7 Å². The number of nitrogens with zero attached hydrogens (tertiary/aromatic N) is 5. The van der Waals surface area contributed by atoms with Crippen molar-refractivity contribution in [2.75, 3.05) is 28.1 Å². The molecule has 40 heavy (non-hydrogen) atoms. The minimum absolute atomic E-state index is 0.110. The fourth-order valence-electron chi connectivity index (χ4n) is 4.48. The van der Waals surface area contributed by atoms with Crippen LogP contribution in [0, 0.1) is 6.92 Å². The van der Waals surface area contributed by atoms with Gasteiger partial charge in [-0.1, -0.05) is 6.07 Å². The van der Waals surface area contributed by atoms with Gasteiger partial charge in [0.05, 0.1) is 19.5 Å². The van der Waals surface area contributed by atoms with Crippen LogP contribution in [0.2, 0.25) is 0 Å². The number of benzene rings is 2. The molecule has 3 heterocycles. The number of hydrogen-bond donors (Lipinski definition) is 0. The minimum atomic E-state index is -3.89. The first-order valence-electron chi connectivity index (χ1n) is 12.4. The van der Waals surface area contributed by atoms with Crippen molar-refractivity contribution in [3.05, 3.63) is 66.0 Å². The van der Waals surface area contributed by atoms with Crippen LogP contribution in [0.3, 0.4) is 0 Å². The molecule has 0 aliphatic carbocycles. The van der Waals surface area contributed by atoms with E-state index < -0.39 is 26.9 Å². The quantitative estimate of drug-likeness (QED) is 0.278. The highest BCUT2D eigenvalue weighted by molar-refractivity contribution is 7.91. The summed E-state index contributed by atoms with van der Waals surface area (Å²) in [5, 5.41) is 7.73. The second-order valence-corrected chi connectivity index (χ2v) is 11.5. The smallest absolute Gasteiger partial charge is 0.231 e. The predicted octanol–water partition coefficient (Wildman–Crippen LogP) is 3.47. The molecule has 0 radical (unpaired) electrons. The molecule has 210 valence electrons. The molecule has 1 aliphatic heterocycles. The first-order valence-corrected chi connectivity index (χ1v) is 14.1. The molecule has 0 unspecified atom stereocenters. The van der Waals surface area contributed by atoms with Crippen molar-refractivity contribution in [2.45, 2.75) is 31.0 Å². The van der Waals surface area contributed by atoms with Crippen LogP contribution in [-0.2, 0) is 20.3 Å². The molecule has 2 atom stereocenters. The van der Waals surface area contributed by atoms with Crippen LogP contribution in [0.5, 0.6) is 23.0 Å². The van der Waals surface area contributed by atoms with E-state index in [2.05, 4.69) is 20.2 Å². The second kappa shape index (κ2) is 11.1. The topological polar surface area (TPSA) is 137 Å². The molecular weight excluding hydrogens is 538 g/mol. The molecule has 0 saturated carbocycles. The van der Waals surface area contributed by atoms with E-state index in [-0.39, 0.29) is 18.4 Å². The second-order valence-electron chi connectivity index (χ2n) is 9.14. The van der Waals surface area contributed by atoms with Crippen molar-refractivity contribution >= 4 is 9.84 Å². The molecule has 0 fully saturated rings. The summed E-state index contributed by atoms with van der Waals surface area (Å²) in [6.07, 6.45) is 2.35. The lowest BCUT2D eigenvalue weighted by Crippen LogP contribution is -2.30. The monoisotopic (exact) mass is 567 g/mol. The maximum absolute atomic E-state index is 13.8. The highest BCUT2D eigenvalue weighted by Crippen LogP contribution is 2.40. The number of aromatic nitrogens is 5. The van der Waals surface area contributed by atoms with Crippen LogP contribution in [0.15, 0.2) is 48.8 Å². The summed E-state index contributed by atoms with van der Waals surface area (Å²) >= 11 is 0. The maximum atomic E-state index is 13.8. The number of sulfone groups is 1. The van der Waals surface area contributed by atoms with E-state index in [1.54, 1.807) is 60.3 Å². The van der Waals surface area contributed by atoms with Gasteiger partial charge in [-0.25, -0.2) is 18.4 Å². The first-order chi connectivity index (χ1) is 19.3. The number of hydrogen-bond acceptors (Lipinski definition) is 11. The van der Waals surface area contributed by atoms with Crippen LogP contribution >= 0.6 is 0 Å². The van der Waals surface area contributed by atoms with Gasteiger partial charge in [0.25, 0.3) is 0 Å². The van der Waals surface area contributed by atoms with Gasteiger partial charge < -0.3 is 23.7 Å². The Morgan fingerprint density at radius 1 is 0.975 bits per heavy atom. The SMILES string of the molecule is COc1cccc(OC)c1-n1c(CS(=O)(=O)[C@@H](C)[C@H](OC)c2ncc(C)cn2)nnc1-c1ccc2c(c1)OCO2. The molecular formula is C27H29N5O7S. The fourth-order valence-corrected chi connectivity index (χ4v) is 5.89. The first kappa shape index (κ1) is 27.3. The van der Waals surface area contributed by atoms with Crippen molar-refractivity contribution in [2.24, 2.45) is 0 Å². The summed E-state index contributed by atoms with van der Waals surface area (Å²) in [5.74, 6) is 2.36. The Bertz CT molecular complexity index is 1600. The van der Waals surface area contributed by atoms with Gasteiger partial charge >= 0.3 is 0 Å². The summed E-state index contributed by atoms with van der Waals surface area (Å²) in [6.45, 7) is 3.52. The van der Waals surface area contributed by atoms with E-state index in [9.17, 15) is 8.42 Å². The zero-order valence-corrected chi connectivity index (χ0v) is 23.5. The van der Waals surface area contributed by atoms with Gasteiger partial charge in [0.15, 0.2) is 38.8 Å². The Morgan fingerprint density at radius 2 is 1.65 bits per heavy atom. The third-order valence-electron chi connectivity index (χ3n) is 6.62. The Morgan fingerprint density at radius 3 is 2.30 bits per heavy atom. The number of rotatable bonds is 10. The summed E-state index contributed by atoms with van der Waals surface area (Å²) in [7, 11) is 0.585. The lowest BCUT2D eigenvalue weighted by Gasteiger charge is -2.22. The standard InChI is InChI=1S/C27H29N5O7S/c1-16-12-28-26(29-13-16)25(37-5)17(2)40(33,34)14-23-30-31-27(18-9-10-19-22(11-18)39-15-38-19)32(23)24-20(35-3)7-6-8-21(24)36-4/h6-13,17,25H,14-15H2,1-5H3/t17-,25-/m0/s1.